The molecule has 2 aliphatic heterocycles. The van der Waals surface area contributed by atoms with E-state index in [2.05, 4.69) is 15.4 Å². The first-order chi connectivity index (χ1) is 10.9. The van der Waals surface area contributed by atoms with Crippen LogP contribution in [0.5, 0.6) is 0 Å². The van der Waals surface area contributed by atoms with Gasteiger partial charge in [-0.25, -0.2) is 4.98 Å². The lowest BCUT2D eigenvalue weighted by atomic mass is 9.82. The number of rotatable bonds is 1. The van der Waals surface area contributed by atoms with Gasteiger partial charge in [0.2, 0.25) is 0 Å². The van der Waals surface area contributed by atoms with Crippen LogP contribution < -0.4 is 11.1 Å². The van der Waals surface area contributed by atoms with Crippen LogP contribution in [-0.2, 0) is 18.1 Å². The number of nitrogens with two attached hydrogens (primary N) is 1. The Morgan fingerprint density at radius 1 is 1.25 bits per heavy atom. The molecule has 130 valence electrons. The zero-order valence-electron chi connectivity index (χ0n) is 12.7. The minimum Gasteiger partial charge on any atom is -0.383 e. The maximum Gasteiger partial charge on any atom is 0.419 e. The van der Waals surface area contributed by atoms with Crippen LogP contribution in [0.3, 0.4) is 0 Å². The van der Waals surface area contributed by atoms with Gasteiger partial charge in [-0.1, -0.05) is 0 Å². The molecule has 1 atom stereocenters. The second-order valence-corrected chi connectivity index (χ2v) is 6.25. The van der Waals surface area contributed by atoms with Crippen LogP contribution in [0.15, 0.2) is 18.3 Å². The molecule has 1 spiro atoms. The molecule has 5 nitrogen and oxygen atoms in total. The second-order valence-electron chi connectivity index (χ2n) is 6.25. The Hall–Kier alpha value is -1.80. The molecule has 0 saturated carbocycles. The average molecular weight is 360 g/mol. The van der Waals surface area contributed by atoms with E-state index in [1.165, 1.54) is 6.20 Å². The number of aryl methyl sites for hydroxylation is 1. The van der Waals surface area contributed by atoms with E-state index >= 15 is 0 Å². The van der Waals surface area contributed by atoms with Crippen LogP contribution in [0.4, 0.5) is 19.0 Å². The van der Waals surface area contributed by atoms with Crippen molar-refractivity contribution < 1.29 is 13.2 Å². The molecular weight excluding hydrogens is 343 g/mol. The molecule has 0 unspecified atom stereocenters. The van der Waals surface area contributed by atoms with Crippen LogP contribution in [-0.4, -0.2) is 27.9 Å². The predicted molar refractivity (Wildman–Crippen MR) is 85.9 cm³/mol. The van der Waals surface area contributed by atoms with Crippen molar-refractivity contribution in [1.29, 1.82) is 0 Å². The highest BCUT2D eigenvalue weighted by molar-refractivity contribution is 5.85. The Kier molecular flexibility index (Phi) is 4.00. The quantitative estimate of drug-likeness (QED) is 0.821. The first kappa shape index (κ1) is 17.0. The number of nitrogens with one attached hydrogen (secondary N) is 1. The average Bonchev–Trinajstić information content (AvgIpc) is 3.18. The summed E-state index contributed by atoms with van der Waals surface area (Å²) in [6.45, 7) is 2.65. The fourth-order valence-corrected chi connectivity index (χ4v) is 3.62. The number of hydrogen-bond acceptors (Lipinski definition) is 4. The molecule has 1 saturated heterocycles. The number of alkyl halides is 3. The van der Waals surface area contributed by atoms with Crippen molar-refractivity contribution in [3.63, 3.8) is 0 Å². The monoisotopic (exact) mass is 359 g/mol. The largest absolute Gasteiger partial charge is 0.419 e. The van der Waals surface area contributed by atoms with Crippen LogP contribution in [0.25, 0.3) is 11.3 Å². The van der Waals surface area contributed by atoms with Crippen molar-refractivity contribution in [1.82, 2.24) is 20.1 Å². The summed E-state index contributed by atoms with van der Waals surface area (Å²) in [6.07, 6.45) is -1.11. The summed E-state index contributed by atoms with van der Waals surface area (Å²) in [5, 5.41) is 7.84. The van der Waals surface area contributed by atoms with E-state index in [0.29, 0.717) is 11.3 Å². The minimum atomic E-state index is -4.52. The molecule has 2 aromatic rings. The topological polar surface area (TPSA) is 68.8 Å². The zero-order valence-corrected chi connectivity index (χ0v) is 13.5. The number of nitrogen functional groups attached to an aromatic ring is 1. The van der Waals surface area contributed by atoms with E-state index in [-0.39, 0.29) is 17.8 Å². The van der Waals surface area contributed by atoms with E-state index in [1.807, 2.05) is 10.7 Å². The fraction of sp³-hybridized carbons (Fsp3) is 0.467. The lowest BCUT2D eigenvalue weighted by Gasteiger charge is -2.20. The fourth-order valence-electron chi connectivity index (χ4n) is 3.62. The Labute approximate surface area is 142 Å². The van der Waals surface area contributed by atoms with Gasteiger partial charge in [-0.05, 0) is 31.5 Å². The molecule has 1 fully saturated rings. The van der Waals surface area contributed by atoms with Gasteiger partial charge in [-0.15, -0.1) is 12.4 Å². The summed E-state index contributed by atoms with van der Waals surface area (Å²) in [7, 11) is 0. The molecule has 0 aromatic carbocycles. The standard InChI is InChI=1S/C15H16F3N5.ClH/c16-15(17,18)10-5-9(7-21-13(10)19)11-6-12-14(1-3-20-8-14)2-4-23(12)22-11;/h5-7,20H,1-4,8H2,(H2,19,21);1H/t14-;/m1./s1. The smallest absolute Gasteiger partial charge is 0.383 e. The van der Waals surface area contributed by atoms with Crippen molar-refractivity contribution in [3.05, 3.63) is 29.6 Å². The Morgan fingerprint density at radius 2 is 2.04 bits per heavy atom. The van der Waals surface area contributed by atoms with Crippen LogP contribution >= 0.6 is 12.4 Å². The van der Waals surface area contributed by atoms with Gasteiger partial charge in [0.1, 0.15) is 5.82 Å². The van der Waals surface area contributed by atoms with E-state index in [4.69, 9.17) is 5.73 Å². The van der Waals surface area contributed by atoms with Gasteiger partial charge in [0.25, 0.3) is 0 Å². The maximum absolute atomic E-state index is 13.0. The number of anilines is 1. The zero-order chi connectivity index (χ0) is 16.2. The van der Waals surface area contributed by atoms with E-state index in [0.717, 1.165) is 44.2 Å². The highest BCUT2D eigenvalue weighted by Gasteiger charge is 2.43. The van der Waals surface area contributed by atoms with Gasteiger partial charge in [0, 0.05) is 36.0 Å². The Balaban J connectivity index is 0.00000169. The number of halogens is 4. The van der Waals surface area contributed by atoms with Crippen LogP contribution in [0.1, 0.15) is 24.1 Å². The van der Waals surface area contributed by atoms with Crippen LogP contribution in [0.2, 0.25) is 0 Å². The van der Waals surface area contributed by atoms with Crippen molar-refractivity contribution in [2.75, 3.05) is 18.8 Å². The molecule has 0 radical (unpaired) electrons. The highest BCUT2D eigenvalue weighted by Crippen LogP contribution is 2.42. The molecule has 2 aliphatic rings. The minimum absolute atomic E-state index is 0. The third kappa shape index (κ3) is 2.53. The number of hydrogen-bond donors (Lipinski definition) is 2. The van der Waals surface area contributed by atoms with Crippen LogP contribution in [0, 0.1) is 0 Å². The van der Waals surface area contributed by atoms with Gasteiger partial charge in [0.05, 0.1) is 11.3 Å². The molecule has 2 aromatic heterocycles. The van der Waals surface area contributed by atoms with Gasteiger partial charge < -0.3 is 11.1 Å². The molecule has 9 heteroatoms. The van der Waals surface area contributed by atoms with Gasteiger partial charge in [-0.2, -0.15) is 18.3 Å². The number of nitrogens with zero attached hydrogens (tertiary/aromatic N) is 3. The molecule has 0 amide bonds. The van der Waals surface area contributed by atoms with Crippen molar-refractivity contribution in [3.8, 4) is 11.3 Å². The molecule has 3 N–H and O–H groups in total. The summed E-state index contributed by atoms with van der Waals surface area (Å²) in [5.74, 6) is -0.510. The van der Waals surface area contributed by atoms with E-state index in [9.17, 15) is 13.2 Å². The summed E-state index contributed by atoms with van der Waals surface area (Å²) in [5.41, 5.74) is 6.47. The lowest BCUT2D eigenvalue weighted by Crippen LogP contribution is -2.25. The number of aromatic nitrogens is 3. The van der Waals surface area contributed by atoms with Crippen molar-refractivity contribution >= 4 is 18.2 Å². The third-order valence-corrected chi connectivity index (χ3v) is 4.89. The van der Waals surface area contributed by atoms with E-state index < -0.39 is 17.6 Å². The molecular formula is C15H17ClF3N5. The third-order valence-electron chi connectivity index (χ3n) is 4.89. The second kappa shape index (κ2) is 5.63. The summed E-state index contributed by atoms with van der Waals surface area (Å²) in [6, 6.07) is 2.92. The van der Waals surface area contributed by atoms with Gasteiger partial charge in [0.15, 0.2) is 0 Å². The number of pyridine rings is 1. The molecule has 4 rings (SSSR count). The predicted octanol–water partition coefficient (Wildman–Crippen LogP) is 2.60. The van der Waals surface area contributed by atoms with Crippen molar-refractivity contribution in [2.24, 2.45) is 0 Å². The van der Waals surface area contributed by atoms with E-state index in [1.54, 1.807) is 0 Å². The maximum atomic E-state index is 13.0. The number of fused-ring (bicyclic) bond motifs is 2. The normalized spacial score (nSPS) is 22.6. The lowest BCUT2D eigenvalue weighted by molar-refractivity contribution is -0.137. The van der Waals surface area contributed by atoms with Gasteiger partial charge in [-0.3, -0.25) is 4.68 Å². The summed E-state index contributed by atoms with van der Waals surface area (Å²) in [4.78, 5) is 3.69. The van der Waals surface area contributed by atoms with Gasteiger partial charge >= 0.3 is 6.18 Å². The van der Waals surface area contributed by atoms with Crippen molar-refractivity contribution in [2.45, 2.75) is 31.0 Å². The highest BCUT2D eigenvalue weighted by atomic mass is 35.5. The molecule has 4 heterocycles. The SMILES string of the molecule is Cl.Nc1ncc(-c2cc3n(n2)CC[C@@]32CCNC2)cc1C(F)(F)F. The first-order valence-corrected chi connectivity index (χ1v) is 7.51. The molecule has 0 aliphatic carbocycles. The molecule has 0 bridgehead atoms. The molecule has 24 heavy (non-hydrogen) atoms. The summed E-state index contributed by atoms with van der Waals surface area (Å²) < 4.78 is 40.9. The Morgan fingerprint density at radius 3 is 2.71 bits per heavy atom. The Bertz CT molecular complexity index is 765. The first-order valence-electron chi connectivity index (χ1n) is 7.51. The summed E-state index contributed by atoms with van der Waals surface area (Å²) >= 11 is 0.